The van der Waals surface area contributed by atoms with Gasteiger partial charge in [0.25, 0.3) is 0 Å². The van der Waals surface area contributed by atoms with Gasteiger partial charge in [-0.2, -0.15) is 0 Å². The molecule has 1 aliphatic carbocycles. The third-order valence-corrected chi connectivity index (χ3v) is 3.34. The van der Waals surface area contributed by atoms with E-state index in [2.05, 4.69) is 40.2 Å². The molecule has 15 heavy (non-hydrogen) atoms. The first-order valence-electron chi connectivity index (χ1n) is 4.88. The first-order valence-corrected chi connectivity index (χ1v) is 5.67. The first-order chi connectivity index (χ1) is 7.36. The van der Waals surface area contributed by atoms with E-state index < -0.39 is 0 Å². The van der Waals surface area contributed by atoms with Gasteiger partial charge in [0, 0.05) is 15.6 Å². The molecule has 74 valence electrons. The highest BCUT2D eigenvalue weighted by molar-refractivity contribution is 9.10. The zero-order chi connectivity index (χ0) is 10.3. The number of benzene rings is 1. The summed E-state index contributed by atoms with van der Waals surface area (Å²) in [5.74, 6) is 0.945. The SMILES string of the molecule is Brc1cccc2c1C(c1ccco1)=CC2. The molecule has 3 rings (SSSR count). The normalized spacial score (nSPS) is 13.8. The van der Waals surface area contributed by atoms with Crippen molar-refractivity contribution in [2.24, 2.45) is 0 Å². The van der Waals surface area contributed by atoms with Crippen LogP contribution in [0.4, 0.5) is 0 Å². The highest BCUT2D eigenvalue weighted by Crippen LogP contribution is 2.37. The molecule has 0 atom stereocenters. The predicted molar refractivity (Wildman–Crippen MR) is 63.6 cm³/mol. The zero-order valence-electron chi connectivity index (χ0n) is 8.03. The molecule has 1 aliphatic rings. The second kappa shape index (κ2) is 3.38. The van der Waals surface area contributed by atoms with Crippen molar-refractivity contribution in [1.82, 2.24) is 0 Å². The average Bonchev–Trinajstić information content (AvgIpc) is 2.85. The van der Waals surface area contributed by atoms with Gasteiger partial charge in [0.2, 0.25) is 0 Å². The molecule has 0 aliphatic heterocycles. The van der Waals surface area contributed by atoms with Gasteiger partial charge in [-0.15, -0.1) is 0 Å². The molecule has 1 heterocycles. The van der Waals surface area contributed by atoms with E-state index in [4.69, 9.17) is 4.42 Å². The number of fused-ring (bicyclic) bond motifs is 1. The number of allylic oxidation sites excluding steroid dienone is 1. The maximum atomic E-state index is 5.44. The summed E-state index contributed by atoms with van der Waals surface area (Å²) in [6.45, 7) is 0. The van der Waals surface area contributed by atoms with Gasteiger partial charge in [-0.3, -0.25) is 0 Å². The lowest BCUT2D eigenvalue weighted by Crippen LogP contribution is -1.86. The van der Waals surface area contributed by atoms with E-state index in [1.807, 2.05) is 12.1 Å². The zero-order valence-corrected chi connectivity index (χ0v) is 9.62. The molecule has 0 spiro atoms. The van der Waals surface area contributed by atoms with Crippen LogP contribution in [-0.4, -0.2) is 0 Å². The van der Waals surface area contributed by atoms with Crippen molar-refractivity contribution in [3.05, 3.63) is 64.0 Å². The van der Waals surface area contributed by atoms with Crippen molar-refractivity contribution < 1.29 is 4.42 Å². The summed E-state index contributed by atoms with van der Waals surface area (Å²) in [6.07, 6.45) is 4.92. The van der Waals surface area contributed by atoms with E-state index in [1.165, 1.54) is 16.7 Å². The fraction of sp³-hybridized carbons (Fsp3) is 0.0769. The molecule has 0 N–H and O–H groups in total. The Kier molecular flexibility index (Phi) is 2.03. The van der Waals surface area contributed by atoms with E-state index in [0.29, 0.717) is 0 Å². The molecule has 0 bridgehead atoms. The molecular formula is C13H9BrO. The topological polar surface area (TPSA) is 13.1 Å². The Morgan fingerprint density at radius 3 is 2.87 bits per heavy atom. The molecular weight excluding hydrogens is 252 g/mol. The minimum Gasteiger partial charge on any atom is -0.464 e. The number of rotatable bonds is 1. The first kappa shape index (κ1) is 8.98. The van der Waals surface area contributed by atoms with Gasteiger partial charge >= 0.3 is 0 Å². The Morgan fingerprint density at radius 1 is 1.13 bits per heavy atom. The quantitative estimate of drug-likeness (QED) is 0.755. The molecule has 1 aromatic carbocycles. The third-order valence-electron chi connectivity index (χ3n) is 2.68. The van der Waals surface area contributed by atoms with E-state index >= 15 is 0 Å². The maximum absolute atomic E-state index is 5.44. The monoisotopic (exact) mass is 260 g/mol. The van der Waals surface area contributed by atoms with Crippen molar-refractivity contribution in [1.29, 1.82) is 0 Å². The summed E-state index contributed by atoms with van der Waals surface area (Å²) in [4.78, 5) is 0. The van der Waals surface area contributed by atoms with E-state index in [0.717, 1.165) is 16.7 Å². The molecule has 0 unspecified atom stereocenters. The summed E-state index contributed by atoms with van der Waals surface area (Å²) < 4.78 is 6.58. The largest absolute Gasteiger partial charge is 0.464 e. The maximum Gasteiger partial charge on any atom is 0.134 e. The predicted octanol–water partition coefficient (Wildman–Crippen LogP) is 4.03. The molecule has 1 aromatic heterocycles. The molecule has 0 amide bonds. The minimum absolute atomic E-state index is 0.945. The van der Waals surface area contributed by atoms with Gasteiger partial charge in [0.05, 0.1) is 6.26 Å². The summed E-state index contributed by atoms with van der Waals surface area (Å²) >= 11 is 3.59. The minimum atomic E-state index is 0.945. The van der Waals surface area contributed by atoms with Crippen LogP contribution < -0.4 is 0 Å². The summed E-state index contributed by atoms with van der Waals surface area (Å²) in [5.41, 5.74) is 3.82. The van der Waals surface area contributed by atoms with Crippen LogP contribution >= 0.6 is 15.9 Å². The van der Waals surface area contributed by atoms with Gasteiger partial charge in [0.1, 0.15) is 5.76 Å². The summed E-state index contributed by atoms with van der Waals surface area (Å²) in [7, 11) is 0. The lowest BCUT2D eigenvalue weighted by Gasteiger charge is -2.05. The van der Waals surface area contributed by atoms with Crippen LogP contribution in [0.15, 0.2) is 51.6 Å². The molecule has 1 nitrogen and oxygen atoms in total. The number of furan rings is 1. The Labute approximate surface area is 96.5 Å². The molecule has 0 saturated heterocycles. The molecule has 2 heteroatoms. The molecule has 0 saturated carbocycles. The lowest BCUT2D eigenvalue weighted by molar-refractivity contribution is 0.554. The Bertz CT molecular complexity index is 523. The second-order valence-electron chi connectivity index (χ2n) is 3.57. The van der Waals surface area contributed by atoms with Gasteiger partial charge in [-0.25, -0.2) is 0 Å². The third kappa shape index (κ3) is 1.37. The average molecular weight is 261 g/mol. The number of hydrogen-bond acceptors (Lipinski definition) is 1. The fourth-order valence-electron chi connectivity index (χ4n) is 2.01. The Morgan fingerprint density at radius 2 is 2.07 bits per heavy atom. The van der Waals surface area contributed by atoms with Crippen LogP contribution in [-0.2, 0) is 6.42 Å². The van der Waals surface area contributed by atoms with Gasteiger partial charge < -0.3 is 4.42 Å². The van der Waals surface area contributed by atoms with Crippen LogP contribution in [0.3, 0.4) is 0 Å². The van der Waals surface area contributed by atoms with E-state index in [-0.39, 0.29) is 0 Å². The van der Waals surface area contributed by atoms with Crippen molar-refractivity contribution in [3.8, 4) is 0 Å². The van der Waals surface area contributed by atoms with Crippen molar-refractivity contribution >= 4 is 21.5 Å². The lowest BCUT2D eigenvalue weighted by atomic mass is 10.0. The van der Waals surface area contributed by atoms with Gasteiger partial charge in [0.15, 0.2) is 0 Å². The molecule has 2 aromatic rings. The van der Waals surface area contributed by atoms with E-state index in [9.17, 15) is 0 Å². The summed E-state index contributed by atoms with van der Waals surface area (Å²) in [5, 5.41) is 0. The van der Waals surface area contributed by atoms with Crippen LogP contribution in [0, 0.1) is 0 Å². The summed E-state index contributed by atoms with van der Waals surface area (Å²) in [6, 6.07) is 10.2. The molecule has 0 radical (unpaired) electrons. The second-order valence-corrected chi connectivity index (χ2v) is 4.43. The molecule has 0 fully saturated rings. The fourth-order valence-corrected chi connectivity index (χ4v) is 2.63. The van der Waals surface area contributed by atoms with E-state index in [1.54, 1.807) is 6.26 Å². The van der Waals surface area contributed by atoms with Crippen LogP contribution in [0.5, 0.6) is 0 Å². The smallest absolute Gasteiger partial charge is 0.134 e. The van der Waals surface area contributed by atoms with Crippen LogP contribution in [0.2, 0.25) is 0 Å². The Balaban J connectivity index is 2.18. The van der Waals surface area contributed by atoms with Crippen LogP contribution in [0.25, 0.3) is 5.57 Å². The van der Waals surface area contributed by atoms with Crippen molar-refractivity contribution in [2.45, 2.75) is 6.42 Å². The highest BCUT2D eigenvalue weighted by atomic mass is 79.9. The standard InChI is InChI=1S/C13H9BrO/c14-11-4-1-3-9-6-7-10(13(9)11)12-5-2-8-15-12/h1-5,7-8H,6H2. The van der Waals surface area contributed by atoms with Crippen molar-refractivity contribution in [3.63, 3.8) is 0 Å². The van der Waals surface area contributed by atoms with Crippen LogP contribution in [0.1, 0.15) is 16.9 Å². The Hall–Kier alpha value is -1.28. The highest BCUT2D eigenvalue weighted by Gasteiger charge is 2.19. The van der Waals surface area contributed by atoms with Crippen molar-refractivity contribution in [2.75, 3.05) is 0 Å². The number of hydrogen-bond donors (Lipinski definition) is 0. The number of halogens is 1. The van der Waals surface area contributed by atoms with Gasteiger partial charge in [-0.05, 0) is 30.2 Å². The van der Waals surface area contributed by atoms with Gasteiger partial charge in [-0.1, -0.05) is 34.1 Å².